The van der Waals surface area contributed by atoms with Crippen LogP contribution in [0.25, 0.3) is 6.08 Å². The van der Waals surface area contributed by atoms with Crippen LogP contribution in [0.4, 0.5) is 5.69 Å². The second kappa shape index (κ2) is 8.98. The number of amides is 1. The summed E-state index contributed by atoms with van der Waals surface area (Å²) in [4.78, 5) is 34.0. The summed E-state index contributed by atoms with van der Waals surface area (Å²) < 4.78 is 5.08. The minimum absolute atomic E-state index is 0.176. The number of hydrogen-bond acceptors (Lipinski definition) is 4. The Morgan fingerprint density at radius 1 is 0.923 bits per heavy atom. The molecule has 0 bridgehead atoms. The van der Waals surface area contributed by atoms with Crippen molar-refractivity contribution in [1.82, 2.24) is 0 Å². The number of rotatable bonds is 7. The van der Waals surface area contributed by atoms with Crippen LogP contribution in [0.2, 0.25) is 0 Å². The molecule has 0 saturated heterocycles. The van der Waals surface area contributed by atoms with Crippen molar-refractivity contribution in [3.63, 3.8) is 0 Å². The summed E-state index contributed by atoms with van der Waals surface area (Å²) in [7, 11) is 1.59. The highest BCUT2D eigenvalue weighted by atomic mass is 16.5. The average Bonchev–Trinajstić information content (AvgIpc) is 2.65. The third-order valence-corrected chi connectivity index (χ3v) is 3.36. The molecule has 2 N–H and O–H groups in total. The number of anilines is 1. The van der Waals surface area contributed by atoms with Crippen molar-refractivity contribution in [3.05, 3.63) is 77.9 Å². The van der Waals surface area contributed by atoms with Crippen molar-refractivity contribution >= 4 is 29.4 Å². The molecule has 132 valence electrons. The maximum atomic E-state index is 12.2. The van der Waals surface area contributed by atoms with E-state index in [-0.39, 0.29) is 5.78 Å². The highest BCUT2D eigenvalue weighted by molar-refractivity contribution is 6.07. The molecule has 6 heteroatoms. The molecular weight excluding hydrogens is 334 g/mol. The van der Waals surface area contributed by atoms with E-state index >= 15 is 0 Å². The molecule has 0 aliphatic heterocycles. The fourth-order valence-electron chi connectivity index (χ4n) is 2.03. The van der Waals surface area contributed by atoms with Gasteiger partial charge in [0.1, 0.15) is 5.75 Å². The molecule has 0 aliphatic rings. The van der Waals surface area contributed by atoms with Crippen molar-refractivity contribution in [1.29, 1.82) is 0 Å². The molecule has 2 rings (SSSR count). The van der Waals surface area contributed by atoms with Gasteiger partial charge < -0.3 is 15.2 Å². The van der Waals surface area contributed by atoms with Crippen molar-refractivity contribution < 1.29 is 24.2 Å². The van der Waals surface area contributed by atoms with Crippen LogP contribution >= 0.6 is 0 Å². The number of ketones is 1. The number of carbonyl (C=O) groups is 3. The van der Waals surface area contributed by atoms with E-state index in [0.29, 0.717) is 11.3 Å². The molecule has 0 saturated carbocycles. The number of ether oxygens (including phenoxy) is 1. The zero-order chi connectivity index (χ0) is 18.9. The van der Waals surface area contributed by atoms with Gasteiger partial charge in [-0.15, -0.1) is 0 Å². The smallest absolute Gasteiger partial charge is 0.328 e. The van der Waals surface area contributed by atoms with E-state index < -0.39 is 11.9 Å². The van der Waals surface area contributed by atoms with Gasteiger partial charge in [0.2, 0.25) is 5.91 Å². The van der Waals surface area contributed by atoms with E-state index in [1.165, 1.54) is 6.08 Å². The molecule has 1 amide bonds. The first-order valence-electron chi connectivity index (χ1n) is 7.66. The number of hydrogen-bond donors (Lipinski definition) is 2. The van der Waals surface area contributed by atoms with Gasteiger partial charge in [0, 0.05) is 23.4 Å². The van der Waals surface area contributed by atoms with Gasteiger partial charge in [0.15, 0.2) is 5.78 Å². The van der Waals surface area contributed by atoms with E-state index in [0.717, 1.165) is 23.5 Å². The van der Waals surface area contributed by atoms with Gasteiger partial charge in [-0.25, -0.2) is 4.79 Å². The Labute approximate surface area is 150 Å². The monoisotopic (exact) mass is 351 g/mol. The lowest BCUT2D eigenvalue weighted by Gasteiger charge is -2.03. The number of carboxylic acids is 1. The van der Waals surface area contributed by atoms with E-state index in [9.17, 15) is 14.4 Å². The van der Waals surface area contributed by atoms with Crippen LogP contribution in [0.3, 0.4) is 0 Å². The van der Waals surface area contributed by atoms with Gasteiger partial charge in [0.25, 0.3) is 0 Å². The van der Waals surface area contributed by atoms with Crippen LogP contribution in [-0.4, -0.2) is 29.9 Å². The Morgan fingerprint density at radius 2 is 1.58 bits per heavy atom. The summed E-state index contributed by atoms with van der Waals surface area (Å²) in [6, 6.07) is 13.6. The van der Waals surface area contributed by atoms with Gasteiger partial charge in [-0.3, -0.25) is 9.59 Å². The normalized spacial score (nSPS) is 10.8. The Morgan fingerprint density at radius 3 is 2.15 bits per heavy atom. The van der Waals surface area contributed by atoms with Gasteiger partial charge in [-0.2, -0.15) is 0 Å². The summed E-state index contributed by atoms with van der Waals surface area (Å²) in [5, 5.41) is 11.0. The van der Waals surface area contributed by atoms with E-state index in [2.05, 4.69) is 5.32 Å². The SMILES string of the molecule is COc1ccc(/C=C/C(=O)c2ccc(NC(=O)/C=C\C(=O)O)cc2)cc1. The lowest BCUT2D eigenvalue weighted by atomic mass is 10.1. The lowest BCUT2D eigenvalue weighted by Crippen LogP contribution is -2.08. The van der Waals surface area contributed by atoms with Crippen LogP contribution in [0, 0.1) is 0 Å². The zero-order valence-corrected chi connectivity index (χ0v) is 14.0. The Kier molecular flexibility index (Phi) is 6.45. The van der Waals surface area contributed by atoms with Crippen molar-refractivity contribution in [2.75, 3.05) is 12.4 Å². The second-order valence-corrected chi connectivity index (χ2v) is 5.21. The quantitative estimate of drug-likeness (QED) is 0.590. The van der Waals surface area contributed by atoms with Crippen LogP contribution in [0.1, 0.15) is 15.9 Å². The van der Waals surface area contributed by atoms with Crippen molar-refractivity contribution in [2.45, 2.75) is 0 Å². The first-order chi connectivity index (χ1) is 12.5. The van der Waals surface area contributed by atoms with E-state index in [4.69, 9.17) is 9.84 Å². The van der Waals surface area contributed by atoms with Gasteiger partial charge in [0.05, 0.1) is 7.11 Å². The molecule has 0 heterocycles. The minimum atomic E-state index is -1.20. The maximum absolute atomic E-state index is 12.2. The number of allylic oxidation sites excluding steroid dienone is 1. The average molecular weight is 351 g/mol. The molecule has 2 aromatic rings. The molecule has 0 radical (unpaired) electrons. The largest absolute Gasteiger partial charge is 0.497 e. The lowest BCUT2D eigenvalue weighted by molar-refractivity contribution is -0.131. The standard InChI is InChI=1S/C20H17NO5/c1-26-17-9-2-14(3-10-17)4-11-18(22)15-5-7-16(8-6-15)21-19(23)12-13-20(24)25/h2-13H,1H3,(H,21,23)(H,24,25)/b11-4+,13-12-. The summed E-state index contributed by atoms with van der Waals surface area (Å²) in [6.07, 6.45) is 4.83. The number of carboxylic acid groups (broad SMARTS) is 1. The number of aliphatic carboxylic acids is 1. The Balaban J connectivity index is 1.98. The fraction of sp³-hybridized carbons (Fsp3) is 0.0500. The Hall–Kier alpha value is -3.67. The topological polar surface area (TPSA) is 92.7 Å². The number of nitrogens with one attached hydrogen (secondary N) is 1. The van der Waals surface area contributed by atoms with Crippen molar-refractivity contribution in [3.8, 4) is 5.75 Å². The first kappa shape index (κ1) is 18.7. The van der Waals surface area contributed by atoms with Crippen LogP contribution in [-0.2, 0) is 9.59 Å². The molecule has 0 aromatic heterocycles. The molecular formula is C20H17NO5. The van der Waals surface area contributed by atoms with Gasteiger partial charge in [-0.05, 0) is 48.0 Å². The Bertz CT molecular complexity index is 849. The van der Waals surface area contributed by atoms with Crippen LogP contribution in [0.5, 0.6) is 5.75 Å². The molecule has 0 atom stereocenters. The number of benzene rings is 2. The highest BCUT2D eigenvalue weighted by Gasteiger charge is 2.03. The maximum Gasteiger partial charge on any atom is 0.328 e. The minimum Gasteiger partial charge on any atom is -0.497 e. The predicted molar refractivity (Wildman–Crippen MR) is 98.2 cm³/mol. The third kappa shape index (κ3) is 5.76. The van der Waals surface area contributed by atoms with Crippen molar-refractivity contribution in [2.24, 2.45) is 0 Å². The molecule has 26 heavy (non-hydrogen) atoms. The fourth-order valence-corrected chi connectivity index (χ4v) is 2.03. The molecule has 0 spiro atoms. The van der Waals surface area contributed by atoms with E-state index in [1.54, 1.807) is 49.6 Å². The molecule has 2 aromatic carbocycles. The predicted octanol–water partition coefficient (Wildman–Crippen LogP) is 3.17. The summed E-state index contributed by atoms with van der Waals surface area (Å²) >= 11 is 0. The molecule has 0 unspecified atom stereocenters. The van der Waals surface area contributed by atoms with Crippen LogP contribution in [0.15, 0.2) is 66.8 Å². The number of methoxy groups -OCH3 is 1. The first-order valence-corrected chi connectivity index (χ1v) is 7.66. The third-order valence-electron chi connectivity index (χ3n) is 3.36. The summed E-state index contributed by atoms with van der Waals surface area (Å²) in [5.41, 5.74) is 1.79. The van der Waals surface area contributed by atoms with Gasteiger partial charge in [-0.1, -0.05) is 18.2 Å². The molecule has 0 aliphatic carbocycles. The van der Waals surface area contributed by atoms with Crippen LogP contribution < -0.4 is 10.1 Å². The molecule has 6 nitrogen and oxygen atoms in total. The summed E-state index contributed by atoms with van der Waals surface area (Å²) in [6.45, 7) is 0. The number of carbonyl (C=O) groups excluding carboxylic acids is 2. The van der Waals surface area contributed by atoms with Gasteiger partial charge >= 0.3 is 5.97 Å². The highest BCUT2D eigenvalue weighted by Crippen LogP contribution is 2.14. The molecule has 0 fully saturated rings. The summed E-state index contributed by atoms with van der Waals surface area (Å²) in [5.74, 6) is -1.20. The second-order valence-electron chi connectivity index (χ2n) is 5.21. The zero-order valence-electron chi connectivity index (χ0n) is 14.0. The van der Waals surface area contributed by atoms with E-state index in [1.807, 2.05) is 12.1 Å².